The lowest BCUT2D eigenvalue weighted by molar-refractivity contribution is 0.115. The van der Waals surface area contributed by atoms with E-state index in [1.165, 1.54) is 0 Å². The highest BCUT2D eigenvalue weighted by atomic mass is 16.6. The zero-order valence-electron chi connectivity index (χ0n) is 6.86. The van der Waals surface area contributed by atoms with Gasteiger partial charge in [-0.25, -0.2) is 4.79 Å². The van der Waals surface area contributed by atoms with Crippen LogP contribution in [0.1, 0.15) is 13.3 Å². The Labute approximate surface area is 70.3 Å². The topological polar surface area (TPSA) is 82.1 Å². The van der Waals surface area contributed by atoms with Crippen molar-refractivity contribution in [3.8, 4) is 0 Å². The summed E-state index contributed by atoms with van der Waals surface area (Å²) in [6, 6.07) is -0.235. The van der Waals surface area contributed by atoms with Crippen LogP contribution in [0.5, 0.6) is 0 Å². The van der Waals surface area contributed by atoms with Crippen molar-refractivity contribution in [2.75, 3.05) is 6.61 Å². The molecule has 0 saturated carbocycles. The lowest BCUT2D eigenvalue weighted by Crippen LogP contribution is -2.35. The highest BCUT2D eigenvalue weighted by Crippen LogP contribution is 2.17. The average Bonchev–Trinajstić information content (AvgIpc) is 2.63. The number of ether oxygens (including phenoxy) is 1. The Hall–Kier alpha value is -0.810. The molecule has 0 aromatic heterocycles. The van der Waals surface area contributed by atoms with Crippen molar-refractivity contribution in [2.24, 2.45) is 0 Å². The van der Waals surface area contributed by atoms with Gasteiger partial charge in [0.25, 0.3) is 0 Å². The third-order valence-corrected chi connectivity index (χ3v) is 1.75. The first-order valence-electron chi connectivity index (χ1n) is 3.88. The third kappa shape index (κ3) is 3.06. The smallest absolute Gasteiger partial charge is 0.404 e. The molecule has 5 nitrogen and oxygen atoms in total. The molecule has 1 aliphatic rings. The molecule has 1 amide bonds. The summed E-state index contributed by atoms with van der Waals surface area (Å²) in [6.07, 6.45) is -1.29. The standard InChI is InChI=1S/C7H13NO4/c1-4(8-7(10)11)2-5(9)6-3-12-6/h4-6,8-9H,2-3H2,1H3,(H,10,11)/t4-,5?,6?/m0/s1. The molecule has 1 aliphatic heterocycles. The predicted molar refractivity (Wildman–Crippen MR) is 41.0 cm³/mol. The van der Waals surface area contributed by atoms with E-state index in [0.717, 1.165) is 0 Å². The Balaban J connectivity index is 2.15. The van der Waals surface area contributed by atoms with Crippen molar-refractivity contribution in [2.45, 2.75) is 31.6 Å². The number of hydrogen-bond donors (Lipinski definition) is 3. The lowest BCUT2D eigenvalue weighted by Gasteiger charge is -2.14. The van der Waals surface area contributed by atoms with Crippen molar-refractivity contribution in [1.82, 2.24) is 5.32 Å². The Morgan fingerprint density at radius 2 is 2.42 bits per heavy atom. The summed E-state index contributed by atoms with van der Waals surface area (Å²) in [4.78, 5) is 10.2. The fourth-order valence-corrected chi connectivity index (χ4v) is 1.06. The summed E-state index contributed by atoms with van der Waals surface area (Å²) in [5.74, 6) is 0. The fraction of sp³-hybridized carbons (Fsp3) is 0.857. The molecule has 1 fully saturated rings. The Bertz CT molecular complexity index is 169. The molecule has 0 spiro atoms. The zero-order chi connectivity index (χ0) is 9.14. The quantitative estimate of drug-likeness (QED) is 0.516. The monoisotopic (exact) mass is 175 g/mol. The van der Waals surface area contributed by atoms with Gasteiger partial charge in [0.05, 0.1) is 12.7 Å². The van der Waals surface area contributed by atoms with E-state index in [1.807, 2.05) is 0 Å². The molecule has 3 N–H and O–H groups in total. The number of hydrogen-bond acceptors (Lipinski definition) is 3. The van der Waals surface area contributed by atoms with Crippen LogP contribution in [0.15, 0.2) is 0 Å². The van der Waals surface area contributed by atoms with Gasteiger partial charge in [0, 0.05) is 6.04 Å². The molecule has 70 valence electrons. The van der Waals surface area contributed by atoms with Crippen molar-refractivity contribution in [3.05, 3.63) is 0 Å². The van der Waals surface area contributed by atoms with E-state index in [-0.39, 0.29) is 12.1 Å². The van der Waals surface area contributed by atoms with E-state index < -0.39 is 12.2 Å². The van der Waals surface area contributed by atoms with Crippen LogP contribution < -0.4 is 5.32 Å². The summed E-state index contributed by atoms with van der Waals surface area (Å²) in [7, 11) is 0. The van der Waals surface area contributed by atoms with E-state index >= 15 is 0 Å². The van der Waals surface area contributed by atoms with E-state index in [9.17, 15) is 9.90 Å². The highest BCUT2D eigenvalue weighted by Gasteiger charge is 2.32. The maximum atomic E-state index is 10.2. The predicted octanol–water partition coefficient (Wildman–Crippen LogP) is -0.208. The molecule has 0 aliphatic carbocycles. The number of nitrogens with one attached hydrogen (secondary N) is 1. The molecule has 1 heterocycles. The molecular formula is C7H13NO4. The molecule has 3 atom stereocenters. The summed E-state index contributed by atoms with van der Waals surface area (Å²) in [5.41, 5.74) is 0. The molecular weight excluding hydrogens is 162 g/mol. The Kier molecular flexibility index (Phi) is 2.88. The Morgan fingerprint density at radius 1 is 1.83 bits per heavy atom. The Morgan fingerprint density at radius 3 is 2.83 bits per heavy atom. The van der Waals surface area contributed by atoms with Crippen LogP contribution in [0.4, 0.5) is 4.79 Å². The summed E-state index contributed by atoms with van der Waals surface area (Å²) < 4.78 is 4.85. The van der Waals surface area contributed by atoms with Crippen molar-refractivity contribution in [1.29, 1.82) is 0 Å². The zero-order valence-corrected chi connectivity index (χ0v) is 6.86. The van der Waals surface area contributed by atoms with Gasteiger partial charge >= 0.3 is 6.09 Å². The third-order valence-electron chi connectivity index (χ3n) is 1.75. The van der Waals surface area contributed by atoms with Crippen molar-refractivity contribution in [3.63, 3.8) is 0 Å². The molecule has 0 aromatic rings. The van der Waals surface area contributed by atoms with Gasteiger partial charge in [0.1, 0.15) is 6.10 Å². The van der Waals surface area contributed by atoms with Crippen LogP contribution in [-0.4, -0.2) is 41.2 Å². The summed E-state index contributed by atoms with van der Waals surface area (Å²) in [5, 5.41) is 19.9. The number of aliphatic hydroxyl groups is 1. The number of carbonyl (C=O) groups is 1. The molecule has 12 heavy (non-hydrogen) atoms. The molecule has 5 heteroatoms. The van der Waals surface area contributed by atoms with E-state index in [0.29, 0.717) is 13.0 Å². The maximum Gasteiger partial charge on any atom is 0.404 e. The van der Waals surface area contributed by atoms with Gasteiger partial charge in [0.2, 0.25) is 0 Å². The molecule has 0 bridgehead atoms. The van der Waals surface area contributed by atoms with Gasteiger partial charge in [-0.3, -0.25) is 0 Å². The van der Waals surface area contributed by atoms with Gasteiger partial charge in [0.15, 0.2) is 0 Å². The van der Waals surface area contributed by atoms with E-state index in [2.05, 4.69) is 5.32 Å². The molecule has 0 aromatic carbocycles. The second kappa shape index (κ2) is 3.73. The van der Waals surface area contributed by atoms with Crippen LogP contribution in [-0.2, 0) is 4.74 Å². The molecule has 0 radical (unpaired) electrons. The van der Waals surface area contributed by atoms with Crippen LogP contribution in [0.3, 0.4) is 0 Å². The first-order chi connectivity index (χ1) is 5.59. The summed E-state index contributed by atoms with van der Waals surface area (Å²) in [6.45, 7) is 2.29. The largest absolute Gasteiger partial charge is 0.465 e. The number of aliphatic hydroxyl groups excluding tert-OH is 1. The minimum absolute atomic E-state index is 0.0805. The second-order valence-electron chi connectivity index (χ2n) is 3.03. The van der Waals surface area contributed by atoms with Crippen molar-refractivity contribution < 1.29 is 19.7 Å². The molecule has 2 unspecified atom stereocenters. The minimum atomic E-state index is -1.06. The molecule has 1 rings (SSSR count). The van der Waals surface area contributed by atoms with Gasteiger partial charge in [-0.05, 0) is 13.3 Å². The van der Waals surface area contributed by atoms with E-state index in [1.54, 1.807) is 6.92 Å². The van der Waals surface area contributed by atoms with Gasteiger partial charge < -0.3 is 20.3 Å². The number of carboxylic acid groups (broad SMARTS) is 1. The SMILES string of the molecule is C[C@@H](CC(O)C1CO1)NC(=O)O. The second-order valence-corrected chi connectivity index (χ2v) is 3.03. The average molecular weight is 175 g/mol. The summed E-state index contributed by atoms with van der Waals surface area (Å²) >= 11 is 0. The van der Waals surface area contributed by atoms with Gasteiger partial charge in [-0.2, -0.15) is 0 Å². The lowest BCUT2D eigenvalue weighted by atomic mass is 10.1. The normalized spacial score (nSPS) is 26.0. The fourth-order valence-electron chi connectivity index (χ4n) is 1.06. The van der Waals surface area contributed by atoms with Crippen LogP contribution in [0, 0.1) is 0 Å². The van der Waals surface area contributed by atoms with Crippen molar-refractivity contribution >= 4 is 6.09 Å². The number of epoxide rings is 1. The highest BCUT2D eigenvalue weighted by molar-refractivity contribution is 5.64. The first-order valence-corrected chi connectivity index (χ1v) is 3.88. The maximum absolute atomic E-state index is 10.2. The molecule has 1 saturated heterocycles. The van der Waals surface area contributed by atoms with E-state index in [4.69, 9.17) is 9.84 Å². The minimum Gasteiger partial charge on any atom is -0.465 e. The van der Waals surface area contributed by atoms with Gasteiger partial charge in [-0.1, -0.05) is 0 Å². The first kappa shape index (κ1) is 9.28. The number of amides is 1. The van der Waals surface area contributed by atoms with Crippen LogP contribution in [0.25, 0.3) is 0 Å². The van der Waals surface area contributed by atoms with Gasteiger partial charge in [-0.15, -0.1) is 0 Å². The number of rotatable bonds is 4. The van der Waals surface area contributed by atoms with Crippen LogP contribution >= 0.6 is 0 Å². The van der Waals surface area contributed by atoms with Crippen LogP contribution in [0.2, 0.25) is 0 Å².